The number of benzene rings is 1. The van der Waals surface area contributed by atoms with Crippen molar-refractivity contribution < 1.29 is 0 Å². The van der Waals surface area contributed by atoms with Crippen molar-refractivity contribution in [1.82, 2.24) is 0 Å². The Bertz CT molecular complexity index is 246. The van der Waals surface area contributed by atoms with E-state index >= 15 is 0 Å². The molecular formula is C10H13N. The predicted octanol–water partition coefficient (Wildman–Crippen LogP) is 2.39. The highest BCUT2D eigenvalue weighted by molar-refractivity contribution is 5.39. The maximum Gasteiger partial charge on any atom is 0.0314 e. The van der Waals surface area contributed by atoms with Crippen molar-refractivity contribution >= 4 is 5.69 Å². The van der Waals surface area contributed by atoms with Gasteiger partial charge >= 0.3 is 0 Å². The van der Waals surface area contributed by atoms with Gasteiger partial charge in [0.15, 0.2) is 0 Å². The van der Waals surface area contributed by atoms with Crippen molar-refractivity contribution in [3.05, 3.63) is 42.0 Å². The molecule has 0 atom stereocenters. The molecule has 0 saturated heterocycles. The van der Waals surface area contributed by atoms with Gasteiger partial charge in [-0.1, -0.05) is 24.3 Å². The molecule has 1 rings (SSSR count). The van der Waals surface area contributed by atoms with Crippen LogP contribution in [0.4, 0.5) is 5.69 Å². The fraction of sp³-hybridized carbons (Fsp3) is 0.200. The number of anilines is 1. The normalized spacial score (nSPS) is 9.55. The summed E-state index contributed by atoms with van der Waals surface area (Å²) in [5.41, 5.74) is 8.80. The summed E-state index contributed by atoms with van der Waals surface area (Å²) >= 11 is 0. The maximum absolute atomic E-state index is 5.54. The third kappa shape index (κ3) is 2.46. The molecule has 0 bridgehead atoms. The second kappa shape index (κ2) is 3.24. The van der Waals surface area contributed by atoms with E-state index in [0.717, 1.165) is 12.1 Å². The molecule has 1 heteroatoms. The number of hydrogen-bond donors (Lipinski definition) is 1. The summed E-state index contributed by atoms with van der Waals surface area (Å²) in [7, 11) is 0. The topological polar surface area (TPSA) is 26.0 Å². The molecule has 1 aromatic rings. The monoisotopic (exact) mass is 147 g/mol. The van der Waals surface area contributed by atoms with Crippen LogP contribution < -0.4 is 5.73 Å². The Balaban J connectivity index is 2.74. The van der Waals surface area contributed by atoms with Crippen LogP contribution in [0.25, 0.3) is 0 Å². The Hall–Kier alpha value is -1.24. The van der Waals surface area contributed by atoms with E-state index in [9.17, 15) is 0 Å². The lowest BCUT2D eigenvalue weighted by Gasteiger charge is -1.99. The summed E-state index contributed by atoms with van der Waals surface area (Å²) < 4.78 is 0. The molecule has 0 aliphatic rings. The van der Waals surface area contributed by atoms with E-state index in [2.05, 4.69) is 6.58 Å². The molecule has 0 heterocycles. The highest BCUT2D eigenvalue weighted by atomic mass is 14.5. The highest BCUT2D eigenvalue weighted by Crippen LogP contribution is 2.08. The Labute approximate surface area is 67.5 Å². The maximum atomic E-state index is 5.54. The lowest BCUT2D eigenvalue weighted by molar-refractivity contribution is 1.16. The average molecular weight is 147 g/mol. The summed E-state index contributed by atoms with van der Waals surface area (Å²) in [6.45, 7) is 5.87. The first-order chi connectivity index (χ1) is 5.18. The fourth-order valence-corrected chi connectivity index (χ4v) is 0.984. The molecule has 0 amide bonds. The summed E-state index contributed by atoms with van der Waals surface area (Å²) in [4.78, 5) is 0. The SMILES string of the molecule is C=C(C)Cc1ccc(N)cc1. The van der Waals surface area contributed by atoms with E-state index < -0.39 is 0 Å². The Morgan fingerprint density at radius 2 is 1.91 bits per heavy atom. The summed E-state index contributed by atoms with van der Waals surface area (Å²) in [6, 6.07) is 7.89. The van der Waals surface area contributed by atoms with Crippen molar-refractivity contribution in [2.24, 2.45) is 0 Å². The average Bonchev–Trinajstić information content (AvgIpc) is 1.93. The van der Waals surface area contributed by atoms with E-state index in [1.807, 2.05) is 31.2 Å². The molecule has 2 N–H and O–H groups in total. The molecular weight excluding hydrogens is 134 g/mol. The van der Waals surface area contributed by atoms with Gasteiger partial charge in [0.2, 0.25) is 0 Å². The molecule has 0 aromatic heterocycles. The molecule has 0 radical (unpaired) electrons. The van der Waals surface area contributed by atoms with Crippen LogP contribution in [0.5, 0.6) is 0 Å². The number of nitrogen functional groups attached to an aromatic ring is 1. The van der Waals surface area contributed by atoms with Crippen molar-refractivity contribution in [2.45, 2.75) is 13.3 Å². The molecule has 1 aromatic carbocycles. The van der Waals surface area contributed by atoms with Gasteiger partial charge in [0.05, 0.1) is 0 Å². The fourth-order valence-electron chi connectivity index (χ4n) is 0.984. The number of nitrogens with two attached hydrogens (primary N) is 1. The minimum atomic E-state index is 0.815. The van der Waals surface area contributed by atoms with Crippen LogP contribution in [0, 0.1) is 0 Å². The minimum Gasteiger partial charge on any atom is -0.399 e. The lowest BCUT2D eigenvalue weighted by Crippen LogP contribution is -1.87. The predicted molar refractivity (Wildman–Crippen MR) is 49.4 cm³/mol. The van der Waals surface area contributed by atoms with E-state index in [-0.39, 0.29) is 0 Å². The Kier molecular flexibility index (Phi) is 2.32. The molecule has 58 valence electrons. The van der Waals surface area contributed by atoms with Crippen molar-refractivity contribution in [3.63, 3.8) is 0 Å². The smallest absolute Gasteiger partial charge is 0.0314 e. The van der Waals surface area contributed by atoms with E-state index in [1.54, 1.807) is 0 Å². The van der Waals surface area contributed by atoms with Gasteiger partial charge in [-0.25, -0.2) is 0 Å². The molecule has 0 aliphatic heterocycles. The number of rotatable bonds is 2. The summed E-state index contributed by atoms with van der Waals surface area (Å²) in [5.74, 6) is 0. The van der Waals surface area contributed by atoms with Crippen LogP contribution in [-0.4, -0.2) is 0 Å². The van der Waals surface area contributed by atoms with Gasteiger partial charge in [-0.2, -0.15) is 0 Å². The first-order valence-corrected chi connectivity index (χ1v) is 3.67. The minimum absolute atomic E-state index is 0.815. The molecule has 11 heavy (non-hydrogen) atoms. The third-order valence-corrected chi connectivity index (χ3v) is 1.49. The largest absolute Gasteiger partial charge is 0.399 e. The van der Waals surface area contributed by atoms with Gasteiger partial charge in [0.1, 0.15) is 0 Å². The summed E-state index contributed by atoms with van der Waals surface area (Å²) in [5, 5.41) is 0. The molecule has 0 saturated carbocycles. The van der Waals surface area contributed by atoms with Crippen molar-refractivity contribution in [1.29, 1.82) is 0 Å². The van der Waals surface area contributed by atoms with Gasteiger partial charge in [0, 0.05) is 5.69 Å². The first kappa shape index (κ1) is 7.86. The van der Waals surface area contributed by atoms with Crippen LogP contribution in [0.3, 0.4) is 0 Å². The third-order valence-electron chi connectivity index (χ3n) is 1.49. The standard InChI is InChI=1S/C10H13N/c1-8(2)7-9-3-5-10(11)6-4-9/h3-6H,1,7,11H2,2H3. The van der Waals surface area contributed by atoms with Gasteiger partial charge in [-0.3, -0.25) is 0 Å². The summed E-state index contributed by atoms with van der Waals surface area (Å²) in [6.07, 6.45) is 0.945. The number of allylic oxidation sites excluding steroid dienone is 1. The van der Waals surface area contributed by atoms with Crippen molar-refractivity contribution in [3.8, 4) is 0 Å². The van der Waals surface area contributed by atoms with Crippen LogP contribution in [0.1, 0.15) is 12.5 Å². The van der Waals surface area contributed by atoms with Gasteiger partial charge in [-0.15, -0.1) is 0 Å². The lowest BCUT2D eigenvalue weighted by atomic mass is 10.1. The number of hydrogen-bond acceptors (Lipinski definition) is 1. The molecule has 0 unspecified atom stereocenters. The van der Waals surface area contributed by atoms with E-state index in [4.69, 9.17) is 5.73 Å². The second-order valence-corrected chi connectivity index (χ2v) is 2.88. The molecule has 0 spiro atoms. The molecule has 0 fully saturated rings. The second-order valence-electron chi connectivity index (χ2n) is 2.88. The zero-order valence-corrected chi connectivity index (χ0v) is 6.80. The van der Waals surface area contributed by atoms with E-state index in [0.29, 0.717) is 0 Å². The van der Waals surface area contributed by atoms with Crippen molar-refractivity contribution in [2.75, 3.05) is 5.73 Å². The molecule has 0 aliphatic carbocycles. The highest BCUT2D eigenvalue weighted by Gasteiger charge is 1.91. The van der Waals surface area contributed by atoms with Gasteiger partial charge < -0.3 is 5.73 Å². The van der Waals surface area contributed by atoms with Crippen LogP contribution in [0.2, 0.25) is 0 Å². The zero-order chi connectivity index (χ0) is 8.27. The first-order valence-electron chi connectivity index (χ1n) is 3.67. The molecule has 1 nitrogen and oxygen atoms in total. The quantitative estimate of drug-likeness (QED) is 0.504. The zero-order valence-electron chi connectivity index (χ0n) is 6.80. The van der Waals surface area contributed by atoms with Gasteiger partial charge in [0.25, 0.3) is 0 Å². The Morgan fingerprint density at radius 3 is 2.36 bits per heavy atom. The Morgan fingerprint density at radius 1 is 1.36 bits per heavy atom. The van der Waals surface area contributed by atoms with Crippen LogP contribution in [0.15, 0.2) is 36.4 Å². The van der Waals surface area contributed by atoms with Crippen LogP contribution in [-0.2, 0) is 6.42 Å². The van der Waals surface area contributed by atoms with Gasteiger partial charge in [-0.05, 0) is 31.0 Å². The van der Waals surface area contributed by atoms with Crippen LogP contribution >= 0.6 is 0 Å². The van der Waals surface area contributed by atoms with E-state index in [1.165, 1.54) is 11.1 Å².